The highest BCUT2D eigenvalue weighted by atomic mass is 19.3. The van der Waals surface area contributed by atoms with Gasteiger partial charge in [0.05, 0.1) is 12.2 Å². The Morgan fingerprint density at radius 1 is 1.25 bits per heavy atom. The molecule has 0 aliphatic heterocycles. The van der Waals surface area contributed by atoms with E-state index in [0.717, 1.165) is 6.08 Å². The summed E-state index contributed by atoms with van der Waals surface area (Å²) in [6.07, 6.45) is 6.42. The summed E-state index contributed by atoms with van der Waals surface area (Å²) in [4.78, 5) is 23.7. The maximum atomic E-state index is 14.2. The highest BCUT2D eigenvalue weighted by molar-refractivity contribution is 5.84. The number of aliphatic hydroxyl groups excluding tert-OH is 1. The molecule has 0 aromatic heterocycles. The number of hydrogen-bond acceptors (Lipinski definition) is 5. The molecule has 0 saturated heterocycles. The fourth-order valence-corrected chi connectivity index (χ4v) is 3.57. The fourth-order valence-electron chi connectivity index (χ4n) is 3.57. The standard InChI is InChI=1S/C25H32F2O5/c1-18(2)32-24(30)13-9-4-3-8-12-20-21(23(29)16-22(20)28)14-15-25(26,27)17-31-19-10-6-5-7-11-19/h3,5-8,10-11,14-15,18,20-21,23,29H,4,9,12-13,16-17H2,1-2H3/t20-,21-,23-/m1/s1. The SMILES string of the molecule is CC(C)OC(=O)CCCC=CC[C@H]1C(=O)C[C@@H](O)[C@@H]1C=CC(F)(F)COc1ccccc1. The number of benzene rings is 1. The number of para-hydroxylation sites is 1. The number of hydrogen-bond donors (Lipinski definition) is 1. The Balaban J connectivity index is 1.84. The minimum atomic E-state index is -3.23. The molecule has 5 nitrogen and oxygen atoms in total. The molecule has 1 aliphatic carbocycles. The molecule has 1 aromatic rings. The van der Waals surface area contributed by atoms with Gasteiger partial charge in [0, 0.05) is 24.7 Å². The third-order valence-electron chi connectivity index (χ3n) is 5.15. The molecule has 0 unspecified atom stereocenters. The van der Waals surface area contributed by atoms with E-state index in [1.54, 1.807) is 44.2 Å². The van der Waals surface area contributed by atoms with E-state index in [2.05, 4.69) is 0 Å². The third-order valence-corrected chi connectivity index (χ3v) is 5.15. The molecule has 7 heteroatoms. The molecule has 32 heavy (non-hydrogen) atoms. The van der Waals surface area contributed by atoms with Crippen LogP contribution in [-0.2, 0) is 14.3 Å². The lowest BCUT2D eigenvalue weighted by molar-refractivity contribution is -0.147. The smallest absolute Gasteiger partial charge is 0.306 e. The Hall–Kier alpha value is -2.54. The van der Waals surface area contributed by atoms with Crippen LogP contribution in [0.25, 0.3) is 0 Å². The van der Waals surface area contributed by atoms with Crippen molar-refractivity contribution in [1.29, 1.82) is 0 Å². The normalized spacial score (nSPS) is 21.7. The van der Waals surface area contributed by atoms with Crippen LogP contribution in [0.15, 0.2) is 54.6 Å². The first-order valence-corrected chi connectivity index (χ1v) is 11.0. The lowest BCUT2D eigenvalue weighted by atomic mass is 9.90. The van der Waals surface area contributed by atoms with Gasteiger partial charge in [-0.15, -0.1) is 0 Å². The zero-order valence-corrected chi connectivity index (χ0v) is 18.6. The molecule has 1 fully saturated rings. The Morgan fingerprint density at radius 3 is 2.66 bits per heavy atom. The summed E-state index contributed by atoms with van der Waals surface area (Å²) in [6.45, 7) is 2.76. The zero-order chi connectivity index (χ0) is 23.6. The molecule has 0 spiro atoms. The molecule has 1 aliphatic rings. The third kappa shape index (κ3) is 8.91. The minimum Gasteiger partial charge on any atom is -0.487 e. The van der Waals surface area contributed by atoms with E-state index < -0.39 is 30.5 Å². The van der Waals surface area contributed by atoms with Gasteiger partial charge in [-0.25, -0.2) is 0 Å². The predicted molar refractivity (Wildman–Crippen MR) is 117 cm³/mol. The lowest BCUT2D eigenvalue weighted by Gasteiger charge is -2.18. The second kappa shape index (κ2) is 12.5. The van der Waals surface area contributed by atoms with Crippen molar-refractivity contribution >= 4 is 11.8 Å². The maximum Gasteiger partial charge on any atom is 0.306 e. The van der Waals surface area contributed by atoms with Gasteiger partial charge in [-0.1, -0.05) is 36.4 Å². The monoisotopic (exact) mass is 450 g/mol. The number of halogens is 2. The summed E-state index contributed by atoms with van der Waals surface area (Å²) in [5.41, 5.74) is 0. The first kappa shape index (κ1) is 25.7. The minimum absolute atomic E-state index is 0.0410. The molecule has 0 radical (unpaired) electrons. The van der Waals surface area contributed by atoms with Gasteiger partial charge < -0.3 is 14.6 Å². The first-order valence-electron chi connectivity index (χ1n) is 11.0. The van der Waals surface area contributed by atoms with Crippen LogP contribution in [0.4, 0.5) is 8.78 Å². The van der Waals surface area contributed by atoms with Gasteiger partial charge in [0.25, 0.3) is 5.92 Å². The van der Waals surface area contributed by atoms with Crippen LogP contribution in [0.5, 0.6) is 5.75 Å². The average Bonchev–Trinajstić information content (AvgIpc) is 3.00. The van der Waals surface area contributed by atoms with Gasteiger partial charge in [-0.3, -0.25) is 9.59 Å². The average molecular weight is 451 g/mol. The van der Waals surface area contributed by atoms with E-state index in [-0.39, 0.29) is 24.3 Å². The number of esters is 1. The maximum absolute atomic E-state index is 14.2. The summed E-state index contributed by atoms with van der Waals surface area (Å²) in [6, 6.07) is 8.33. The summed E-state index contributed by atoms with van der Waals surface area (Å²) in [5.74, 6) is -4.49. The van der Waals surface area contributed by atoms with E-state index in [4.69, 9.17) is 9.47 Å². The van der Waals surface area contributed by atoms with Crippen LogP contribution in [0, 0.1) is 11.8 Å². The van der Waals surface area contributed by atoms with E-state index in [1.165, 1.54) is 6.08 Å². The quantitative estimate of drug-likeness (QED) is 0.279. The number of carbonyl (C=O) groups is 2. The topological polar surface area (TPSA) is 72.8 Å². The Labute approximate surface area is 188 Å². The second-order valence-corrected chi connectivity index (χ2v) is 8.28. The molecule has 2 rings (SSSR count). The van der Waals surface area contributed by atoms with Gasteiger partial charge in [0.2, 0.25) is 0 Å². The van der Waals surface area contributed by atoms with Gasteiger partial charge in [-0.2, -0.15) is 8.78 Å². The van der Waals surface area contributed by atoms with Crippen molar-refractivity contribution in [2.75, 3.05) is 6.61 Å². The molecule has 176 valence electrons. The second-order valence-electron chi connectivity index (χ2n) is 8.28. The molecule has 0 amide bonds. The van der Waals surface area contributed by atoms with Crippen molar-refractivity contribution in [3.8, 4) is 5.75 Å². The van der Waals surface area contributed by atoms with Crippen molar-refractivity contribution in [2.24, 2.45) is 11.8 Å². The van der Waals surface area contributed by atoms with Gasteiger partial charge in [0.15, 0.2) is 6.61 Å². The van der Waals surface area contributed by atoms with Gasteiger partial charge in [-0.05, 0) is 51.3 Å². The number of aliphatic hydroxyl groups is 1. The first-order chi connectivity index (χ1) is 15.2. The molecule has 3 atom stereocenters. The van der Waals surface area contributed by atoms with Crippen LogP contribution in [0.3, 0.4) is 0 Å². The summed E-state index contributed by atoms with van der Waals surface area (Å²) >= 11 is 0. The van der Waals surface area contributed by atoms with Gasteiger partial charge >= 0.3 is 5.97 Å². The van der Waals surface area contributed by atoms with Crippen molar-refractivity contribution in [3.05, 3.63) is 54.6 Å². The highest BCUT2D eigenvalue weighted by Gasteiger charge is 2.40. The number of Topliss-reactive ketones (excluding diaryl/α,β-unsaturated/α-hetero) is 1. The molecule has 0 heterocycles. The Bertz CT molecular complexity index is 789. The summed E-state index contributed by atoms with van der Waals surface area (Å²) in [7, 11) is 0. The number of unbranched alkanes of at least 4 members (excludes halogenated alkanes) is 1. The summed E-state index contributed by atoms with van der Waals surface area (Å²) in [5, 5.41) is 10.2. The molecular weight excluding hydrogens is 418 g/mol. The number of rotatable bonds is 12. The van der Waals surface area contributed by atoms with Crippen molar-refractivity contribution in [3.63, 3.8) is 0 Å². The van der Waals surface area contributed by atoms with E-state index >= 15 is 0 Å². The Kier molecular flexibility index (Phi) is 10.0. The van der Waals surface area contributed by atoms with Crippen LogP contribution in [0.1, 0.15) is 46.0 Å². The van der Waals surface area contributed by atoms with Crippen LogP contribution >= 0.6 is 0 Å². The van der Waals surface area contributed by atoms with Crippen LogP contribution in [-0.4, -0.2) is 41.6 Å². The van der Waals surface area contributed by atoms with Crippen molar-refractivity contribution in [1.82, 2.24) is 0 Å². The van der Waals surface area contributed by atoms with Crippen molar-refractivity contribution in [2.45, 2.75) is 64.1 Å². The number of allylic oxidation sites excluding steroid dienone is 2. The summed E-state index contributed by atoms with van der Waals surface area (Å²) < 4.78 is 38.6. The van der Waals surface area contributed by atoms with Gasteiger partial charge in [0.1, 0.15) is 11.5 Å². The number of alkyl halides is 2. The molecule has 1 aromatic carbocycles. The van der Waals surface area contributed by atoms with Crippen molar-refractivity contribution < 1.29 is 33.0 Å². The number of ketones is 1. The molecule has 0 bridgehead atoms. The molecular formula is C25H32F2O5. The highest BCUT2D eigenvalue weighted by Crippen LogP contribution is 2.34. The largest absolute Gasteiger partial charge is 0.487 e. The molecule has 1 N–H and O–H groups in total. The van der Waals surface area contributed by atoms with Crippen LogP contribution in [0.2, 0.25) is 0 Å². The lowest BCUT2D eigenvalue weighted by Crippen LogP contribution is -2.25. The Morgan fingerprint density at radius 2 is 1.97 bits per heavy atom. The van der Waals surface area contributed by atoms with E-state index in [0.29, 0.717) is 31.4 Å². The predicted octanol–water partition coefficient (Wildman–Crippen LogP) is 4.89. The zero-order valence-electron chi connectivity index (χ0n) is 18.6. The number of carbonyl (C=O) groups excluding carboxylic acids is 2. The van der Waals surface area contributed by atoms with E-state index in [1.807, 2.05) is 12.2 Å². The number of ether oxygens (including phenoxy) is 2. The van der Waals surface area contributed by atoms with E-state index in [9.17, 15) is 23.5 Å². The molecule has 1 saturated carbocycles. The van der Waals surface area contributed by atoms with Crippen LogP contribution < -0.4 is 4.74 Å². The fraction of sp³-hybridized carbons (Fsp3) is 0.520.